The van der Waals surface area contributed by atoms with Gasteiger partial charge in [-0.25, -0.2) is 4.68 Å². The number of aryl methyl sites for hydroxylation is 1. The Hall–Kier alpha value is -2.12. The number of hydrogen-bond donors (Lipinski definition) is 2. The smallest absolute Gasteiger partial charge is 0.273 e. The number of aromatic amines is 1. The van der Waals surface area contributed by atoms with Gasteiger partial charge in [-0.15, -0.1) is 12.4 Å². The van der Waals surface area contributed by atoms with Gasteiger partial charge in [0.1, 0.15) is 0 Å². The van der Waals surface area contributed by atoms with E-state index in [2.05, 4.69) is 10.4 Å². The Morgan fingerprint density at radius 2 is 1.85 bits per heavy atom. The van der Waals surface area contributed by atoms with E-state index in [9.17, 15) is 14.4 Å². The standard InChI is InChI=1S/C19H26N4O3.ClH/c1-20-10-6-14-7-11-22(12-8-14)17(24)9-13-23-19(26)16-5-3-2-4-15(16)18(25)21-23;/h2-5,14,20H,6-13H2,1H3,(H,21,25);1H. The number of halogens is 1. The first kappa shape index (κ1) is 21.2. The lowest BCUT2D eigenvalue weighted by atomic mass is 9.93. The maximum atomic E-state index is 12.5. The van der Waals surface area contributed by atoms with Crippen LogP contribution in [0.5, 0.6) is 0 Å². The fourth-order valence-corrected chi connectivity index (χ4v) is 3.59. The lowest BCUT2D eigenvalue weighted by Crippen LogP contribution is -2.40. The minimum absolute atomic E-state index is 0. The van der Waals surface area contributed by atoms with Crippen molar-refractivity contribution in [3.8, 4) is 0 Å². The van der Waals surface area contributed by atoms with Gasteiger partial charge in [0.2, 0.25) is 5.91 Å². The molecule has 1 aromatic carbocycles. The maximum absolute atomic E-state index is 12.5. The van der Waals surface area contributed by atoms with Gasteiger partial charge in [0.05, 0.1) is 17.3 Å². The van der Waals surface area contributed by atoms with Gasteiger partial charge in [-0.3, -0.25) is 19.5 Å². The van der Waals surface area contributed by atoms with Crippen LogP contribution in [0.2, 0.25) is 0 Å². The molecule has 27 heavy (non-hydrogen) atoms. The molecule has 0 bridgehead atoms. The van der Waals surface area contributed by atoms with Crippen molar-refractivity contribution in [2.45, 2.75) is 32.2 Å². The second kappa shape index (κ2) is 9.71. The lowest BCUT2D eigenvalue weighted by molar-refractivity contribution is -0.132. The molecule has 3 rings (SSSR count). The number of amides is 1. The number of rotatable bonds is 6. The molecule has 0 aliphatic carbocycles. The van der Waals surface area contributed by atoms with Crippen LogP contribution in [0.25, 0.3) is 10.8 Å². The predicted molar refractivity (Wildman–Crippen MR) is 109 cm³/mol. The van der Waals surface area contributed by atoms with Crippen LogP contribution in [-0.4, -0.2) is 47.3 Å². The Bertz CT molecular complexity index is 884. The van der Waals surface area contributed by atoms with Gasteiger partial charge in [-0.05, 0) is 50.9 Å². The van der Waals surface area contributed by atoms with E-state index in [1.54, 1.807) is 24.3 Å². The number of carbonyl (C=O) groups is 1. The van der Waals surface area contributed by atoms with Crippen LogP contribution in [-0.2, 0) is 11.3 Å². The summed E-state index contributed by atoms with van der Waals surface area (Å²) in [7, 11) is 1.96. The van der Waals surface area contributed by atoms with Gasteiger partial charge < -0.3 is 10.2 Å². The molecule has 1 saturated heterocycles. The molecule has 0 atom stereocenters. The normalized spacial score (nSPS) is 14.9. The van der Waals surface area contributed by atoms with Gasteiger partial charge >= 0.3 is 0 Å². The van der Waals surface area contributed by atoms with E-state index in [4.69, 9.17) is 0 Å². The van der Waals surface area contributed by atoms with Crippen LogP contribution in [0.4, 0.5) is 0 Å². The third-order valence-corrected chi connectivity index (χ3v) is 5.20. The maximum Gasteiger partial charge on any atom is 0.273 e. The molecule has 2 aromatic rings. The van der Waals surface area contributed by atoms with Crippen LogP contribution < -0.4 is 16.4 Å². The first-order chi connectivity index (χ1) is 12.6. The highest BCUT2D eigenvalue weighted by Gasteiger charge is 2.22. The zero-order valence-electron chi connectivity index (χ0n) is 15.6. The summed E-state index contributed by atoms with van der Waals surface area (Å²) in [4.78, 5) is 38.9. The molecule has 2 N–H and O–H groups in total. The second-order valence-electron chi connectivity index (χ2n) is 6.91. The SMILES string of the molecule is CNCCC1CCN(C(=O)CCn2[nH]c(=O)c3ccccc3c2=O)CC1.Cl. The summed E-state index contributed by atoms with van der Waals surface area (Å²) in [5.74, 6) is 0.712. The number of likely N-dealkylation sites (tertiary alicyclic amines) is 1. The molecule has 0 spiro atoms. The van der Waals surface area contributed by atoms with Gasteiger partial charge in [0.25, 0.3) is 11.1 Å². The van der Waals surface area contributed by atoms with Crippen LogP contribution in [0, 0.1) is 5.92 Å². The lowest BCUT2D eigenvalue weighted by Gasteiger charge is -2.32. The first-order valence-electron chi connectivity index (χ1n) is 9.24. The largest absolute Gasteiger partial charge is 0.343 e. The number of H-pyrrole nitrogens is 1. The van der Waals surface area contributed by atoms with Crippen molar-refractivity contribution in [3.63, 3.8) is 0 Å². The number of hydrogen-bond acceptors (Lipinski definition) is 4. The number of benzene rings is 1. The zero-order chi connectivity index (χ0) is 18.5. The highest BCUT2D eigenvalue weighted by atomic mass is 35.5. The fraction of sp³-hybridized carbons (Fsp3) is 0.526. The highest BCUT2D eigenvalue weighted by molar-refractivity contribution is 5.85. The molecule has 8 heteroatoms. The highest BCUT2D eigenvalue weighted by Crippen LogP contribution is 2.20. The van der Waals surface area contributed by atoms with Crippen LogP contribution in [0.15, 0.2) is 33.9 Å². The fourth-order valence-electron chi connectivity index (χ4n) is 3.59. The molecular weight excluding hydrogens is 368 g/mol. The second-order valence-corrected chi connectivity index (χ2v) is 6.91. The molecule has 2 heterocycles. The molecule has 1 amide bonds. The van der Waals surface area contributed by atoms with Gasteiger partial charge in [-0.2, -0.15) is 0 Å². The van der Waals surface area contributed by atoms with Crippen molar-refractivity contribution < 1.29 is 4.79 Å². The van der Waals surface area contributed by atoms with Gasteiger partial charge in [-0.1, -0.05) is 12.1 Å². The average molecular weight is 395 g/mol. The Labute approximate surface area is 164 Å². The van der Waals surface area contributed by atoms with Gasteiger partial charge in [0.15, 0.2) is 0 Å². The van der Waals surface area contributed by atoms with E-state index in [1.165, 1.54) is 4.68 Å². The number of aromatic nitrogens is 2. The van der Waals surface area contributed by atoms with Crippen LogP contribution >= 0.6 is 12.4 Å². The number of fused-ring (bicyclic) bond motifs is 1. The summed E-state index contributed by atoms with van der Waals surface area (Å²) < 4.78 is 1.25. The minimum Gasteiger partial charge on any atom is -0.343 e. The van der Waals surface area contributed by atoms with Crippen molar-refractivity contribution in [1.82, 2.24) is 20.0 Å². The molecule has 7 nitrogen and oxygen atoms in total. The van der Waals surface area contributed by atoms with E-state index < -0.39 is 0 Å². The molecular formula is C19H27ClN4O3. The van der Waals surface area contributed by atoms with Crippen molar-refractivity contribution in [1.29, 1.82) is 0 Å². The topological polar surface area (TPSA) is 87.2 Å². The minimum atomic E-state index is -0.307. The summed E-state index contributed by atoms with van der Waals surface area (Å²) in [6.07, 6.45) is 3.42. The molecule has 0 radical (unpaired) electrons. The average Bonchev–Trinajstić information content (AvgIpc) is 2.68. The van der Waals surface area contributed by atoms with E-state index in [1.807, 2.05) is 11.9 Å². The van der Waals surface area contributed by atoms with Crippen molar-refractivity contribution >= 4 is 29.1 Å². The zero-order valence-corrected chi connectivity index (χ0v) is 16.4. The number of piperidine rings is 1. The molecule has 1 fully saturated rings. The number of nitrogens with one attached hydrogen (secondary N) is 2. The number of carbonyl (C=O) groups excluding carboxylic acids is 1. The summed E-state index contributed by atoms with van der Waals surface area (Å²) in [5, 5.41) is 6.51. The van der Waals surface area contributed by atoms with E-state index in [0.29, 0.717) is 16.7 Å². The molecule has 0 saturated carbocycles. The Morgan fingerprint density at radius 3 is 2.52 bits per heavy atom. The Kier molecular flexibility index (Phi) is 7.62. The predicted octanol–water partition coefficient (Wildman–Crippen LogP) is 1.35. The van der Waals surface area contributed by atoms with Crippen molar-refractivity contribution in [3.05, 3.63) is 45.0 Å². The summed E-state index contributed by atoms with van der Waals surface area (Å²) >= 11 is 0. The molecule has 1 aliphatic heterocycles. The van der Waals surface area contributed by atoms with E-state index in [-0.39, 0.29) is 42.4 Å². The van der Waals surface area contributed by atoms with Crippen LogP contribution in [0.1, 0.15) is 25.7 Å². The van der Waals surface area contributed by atoms with Crippen LogP contribution in [0.3, 0.4) is 0 Å². The summed E-state index contributed by atoms with van der Waals surface area (Å²) in [5.41, 5.74) is -0.572. The summed E-state index contributed by atoms with van der Waals surface area (Å²) in [6.45, 7) is 2.75. The summed E-state index contributed by atoms with van der Waals surface area (Å²) in [6, 6.07) is 6.73. The monoisotopic (exact) mass is 394 g/mol. The van der Waals surface area contributed by atoms with Crippen molar-refractivity contribution in [2.24, 2.45) is 5.92 Å². The Balaban J connectivity index is 0.00000261. The van der Waals surface area contributed by atoms with Crippen molar-refractivity contribution in [2.75, 3.05) is 26.7 Å². The third-order valence-electron chi connectivity index (χ3n) is 5.20. The number of nitrogens with zero attached hydrogens (tertiary/aromatic N) is 2. The third kappa shape index (κ3) is 4.99. The molecule has 0 unspecified atom stereocenters. The first-order valence-corrected chi connectivity index (χ1v) is 9.24. The van der Waals surface area contributed by atoms with Gasteiger partial charge in [0, 0.05) is 19.5 Å². The van der Waals surface area contributed by atoms with E-state index in [0.717, 1.165) is 38.9 Å². The molecule has 148 valence electrons. The Morgan fingerprint density at radius 1 is 1.19 bits per heavy atom. The molecule has 1 aliphatic rings. The quantitative estimate of drug-likeness (QED) is 0.774. The molecule has 1 aromatic heterocycles. The van der Waals surface area contributed by atoms with E-state index >= 15 is 0 Å².